The van der Waals surface area contributed by atoms with Gasteiger partial charge in [-0.15, -0.1) is 5.10 Å². The van der Waals surface area contributed by atoms with Crippen LogP contribution in [0.2, 0.25) is 0 Å². The summed E-state index contributed by atoms with van der Waals surface area (Å²) in [6, 6.07) is 0.403. The Morgan fingerprint density at radius 2 is 2.28 bits per heavy atom. The predicted molar refractivity (Wildman–Crippen MR) is 68.5 cm³/mol. The second kappa shape index (κ2) is 7.32. The van der Waals surface area contributed by atoms with Gasteiger partial charge in [0.05, 0.1) is 6.54 Å². The van der Waals surface area contributed by atoms with Crippen LogP contribution in [-0.2, 0) is 11.3 Å². The average molecular weight is 273 g/mol. The summed E-state index contributed by atoms with van der Waals surface area (Å²) in [5.41, 5.74) is 0. The molecule has 0 saturated carbocycles. The molecule has 0 amide bonds. The number of nitrogens with zero attached hydrogens (tertiary/aromatic N) is 4. The fourth-order valence-corrected chi connectivity index (χ4v) is 2.17. The summed E-state index contributed by atoms with van der Waals surface area (Å²) in [5, 5.41) is 23.6. The highest BCUT2D eigenvalue weighted by atomic mass is 32.2. The van der Waals surface area contributed by atoms with E-state index in [9.17, 15) is 4.79 Å². The van der Waals surface area contributed by atoms with Crippen LogP contribution in [0.25, 0.3) is 0 Å². The molecule has 0 aliphatic carbocycles. The summed E-state index contributed by atoms with van der Waals surface area (Å²) in [6.45, 7) is 7.34. The number of nitrogens with one attached hydrogen (secondary N) is 1. The zero-order valence-corrected chi connectivity index (χ0v) is 11.6. The number of hydrogen-bond acceptors (Lipinski definition) is 6. The van der Waals surface area contributed by atoms with E-state index in [-0.39, 0.29) is 0 Å². The molecule has 102 valence electrons. The Kier molecular flexibility index (Phi) is 6.06. The monoisotopic (exact) mass is 273 g/mol. The molecule has 1 rings (SSSR count). The lowest BCUT2D eigenvalue weighted by Gasteiger charge is -2.10. The van der Waals surface area contributed by atoms with Gasteiger partial charge in [0.15, 0.2) is 0 Å². The maximum Gasteiger partial charge on any atom is 0.317 e. The third kappa shape index (κ3) is 4.61. The predicted octanol–water partition coefficient (Wildman–Crippen LogP) is 0.626. The van der Waals surface area contributed by atoms with E-state index < -0.39 is 11.2 Å². The smallest absolute Gasteiger partial charge is 0.317 e. The van der Waals surface area contributed by atoms with Gasteiger partial charge in [0.2, 0.25) is 5.16 Å². The number of carboxylic acid groups (broad SMARTS) is 1. The zero-order chi connectivity index (χ0) is 13.5. The second-order valence-corrected chi connectivity index (χ2v) is 5.32. The Morgan fingerprint density at radius 3 is 2.83 bits per heavy atom. The van der Waals surface area contributed by atoms with Crippen molar-refractivity contribution in [3.63, 3.8) is 0 Å². The molecule has 0 aliphatic heterocycles. The van der Waals surface area contributed by atoms with Crippen LogP contribution in [0.3, 0.4) is 0 Å². The number of thioether (sulfide) groups is 1. The third-order valence-electron chi connectivity index (χ3n) is 2.27. The first kappa shape index (κ1) is 14.9. The van der Waals surface area contributed by atoms with E-state index in [1.165, 1.54) is 11.8 Å². The molecule has 0 saturated heterocycles. The minimum atomic E-state index is -0.836. The summed E-state index contributed by atoms with van der Waals surface area (Å²) in [4.78, 5) is 11.0. The third-order valence-corrected chi connectivity index (χ3v) is 3.59. The maximum atomic E-state index is 11.0. The SMILES string of the molecule is CCC(Sc1nnnn1CCNC(C)C)C(=O)O. The van der Waals surface area contributed by atoms with E-state index in [1.807, 2.05) is 6.92 Å². The Balaban J connectivity index is 2.56. The molecule has 0 aliphatic rings. The Morgan fingerprint density at radius 1 is 1.56 bits per heavy atom. The van der Waals surface area contributed by atoms with Gasteiger partial charge < -0.3 is 10.4 Å². The van der Waals surface area contributed by atoms with Crippen LogP contribution in [0.5, 0.6) is 0 Å². The molecule has 0 fully saturated rings. The maximum absolute atomic E-state index is 11.0. The number of hydrogen-bond donors (Lipinski definition) is 2. The fourth-order valence-electron chi connectivity index (χ4n) is 1.32. The van der Waals surface area contributed by atoms with Gasteiger partial charge in [0.1, 0.15) is 5.25 Å². The standard InChI is InChI=1S/C10H19N5O2S/c1-4-8(9(16)17)18-10-12-13-14-15(10)6-5-11-7(2)3/h7-8,11H,4-6H2,1-3H3,(H,16,17). The number of tetrazole rings is 1. The quantitative estimate of drug-likeness (QED) is 0.671. The molecule has 0 spiro atoms. The van der Waals surface area contributed by atoms with Crippen LogP contribution >= 0.6 is 11.8 Å². The number of aromatic nitrogens is 4. The van der Waals surface area contributed by atoms with Crippen molar-refractivity contribution in [3.05, 3.63) is 0 Å². The van der Waals surface area contributed by atoms with Gasteiger partial charge in [-0.25, -0.2) is 4.68 Å². The molecule has 0 aromatic carbocycles. The van der Waals surface area contributed by atoms with Crippen LogP contribution in [0.1, 0.15) is 27.2 Å². The highest BCUT2D eigenvalue weighted by Gasteiger charge is 2.20. The summed E-state index contributed by atoms with van der Waals surface area (Å²) < 4.78 is 1.63. The van der Waals surface area contributed by atoms with Gasteiger partial charge in [-0.3, -0.25) is 4.79 Å². The first-order valence-electron chi connectivity index (χ1n) is 5.93. The molecule has 2 N–H and O–H groups in total. The molecule has 1 heterocycles. The van der Waals surface area contributed by atoms with Crippen molar-refractivity contribution in [3.8, 4) is 0 Å². The van der Waals surface area contributed by atoms with Gasteiger partial charge in [-0.05, 0) is 16.8 Å². The van der Waals surface area contributed by atoms with Crippen molar-refractivity contribution in [1.82, 2.24) is 25.5 Å². The molecular formula is C10H19N5O2S. The number of carboxylic acids is 1. The van der Waals surface area contributed by atoms with Crippen LogP contribution in [0.4, 0.5) is 0 Å². The van der Waals surface area contributed by atoms with Gasteiger partial charge in [0.25, 0.3) is 0 Å². The average Bonchev–Trinajstić information content (AvgIpc) is 2.72. The molecule has 18 heavy (non-hydrogen) atoms. The second-order valence-electron chi connectivity index (χ2n) is 4.15. The molecular weight excluding hydrogens is 254 g/mol. The van der Waals surface area contributed by atoms with Gasteiger partial charge in [-0.2, -0.15) is 0 Å². The Hall–Kier alpha value is -1.15. The largest absolute Gasteiger partial charge is 0.480 e. The van der Waals surface area contributed by atoms with E-state index in [0.29, 0.717) is 24.2 Å². The molecule has 1 atom stereocenters. The molecule has 0 bridgehead atoms. The van der Waals surface area contributed by atoms with Gasteiger partial charge in [0, 0.05) is 12.6 Å². The van der Waals surface area contributed by atoms with E-state index in [1.54, 1.807) is 4.68 Å². The Bertz CT molecular complexity index is 382. The van der Waals surface area contributed by atoms with Crippen molar-refractivity contribution in [2.45, 2.75) is 50.2 Å². The number of rotatable bonds is 8. The highest BCUT2D eigenvalue weighted by molar-refractivity contribution is 8.00. The molecule has 1 aromatic rings. The molecule has 8 heteroatoms. The number of carbonyl (C=O) groups is 1. The van der Waals surface area contributed by atoms with Crippen LogP contribution in [0, 0.1) is 0 Å². The topological polar surface area (TPSA) is 92.9 Å². The van der Waals surface area contributed by atoms with E-state index in [4.69, 9.17) is 5.11 Å². The minimum Gasteiger partial charge on any atom is -0.480 e. The van der Waals surface area contributed by atoms with Crippen molar-refractivity contribution in [1.29, 1.82) is 0 Å². The summed E-state index contributed by atoms with van der Waals surface area (Å²) in [7, 11) is 0. The Labute approximate surface area is 110 Å². The van der Waals surface area contributed by atoms with Crippen LogP contribution in [-0.4, -0.2) is 49.1 Å². The lowest BCUT2D eigenvalue weighted by Crippen LogP contribution is -2.27. The van der Waals surface area contributed by atoms with Crippen molar-refractivity contribution >= 4 is 17.7 Å². The molecule has 7 nitrogen and oxygen atoms in total. The van der Waals surface area contributed by atoms with Crippen molar-refractivity contribution < 1.29 is 9.90 Å². The number of aliphatic carboxylic acids is 1. The van der Waals surface area contributed by atoms with E-state index in [2.05, 4.69) is 34.7 Å². The minimum absolute atomic E-state index is 0.403. The van der Waals surface area contributed by atoms with Gasteiger partial charge in [-0.1, -0.05) is 32.5 Å². The fraction of sp³-hybridized carbons (Fsp3) is 0.800. The normalized spacial score (nSPS) is 12.9. The lowest BCUT2D eigenvalue weighted by molar-refractivity contribution is -0.136. The van der Waals surface area contributed by atoms with Crippen molar-refractivity contribution in [2.24, 2.45) is 0 Å². The van der Waals surface area contributed by atoms with E-state index >= 15 is 0 Å². The summed E-state index contributed by atoms with van der Waals surface area (Å²) >= 11 is 1.19. The lowest BCUT2D eigenvalue weighted by atomic mass is 10.3. The zero-order valence-electron chi connectivity index (χ0n) is 10.8. The first-order valence-corrected chi connectivity index (χ1v) is 6.81. The van der Waals surface area contributed by atoms with E-state index in [0.717, 1.165) is 6.54 Å². The highest BCUT2D eigenvalue weighted by Crippen LogP contribution is 2.22. The van der Waals surface area contributed by atoms with Crippen molar-refractivity contribution in [2.75, 3.05) is 6.54 Å². The van der Waals surface area contributed by atoms with Crippen LogP contribution in [0.15, 0.2) is 5.16 Å². The molecule has 1 aromatic heterocycles. The van der Waals surface area contributed by atoms with Crippen LogP contribution < -0.4 is 5.32 Å². The molecule has 1 unspecified atom stereocenters. The molecule has 0 radical (unpaired) electrons. The first-order chi connectivity index (χ1) is 8.54. The summed E-state index contributed by atoms with van der Waals surface area (Å²) in [6.07, 6.45) is 0.539. The summed E-state index contributed by atoms with van der Waals surface area (Å²) in [5.74, 6) is -0.836. The van der Waals surface area contributed by atoms with Gasteiger partial charge >= 0.3 is 5.97 Å².